The van der Waals surface area contributed by atoms with E-state index in [1.54, 1.807) is 0 Å². The maximum atomic E-state index is 11.7. The molecule has 10 heteroatoms. The molecule has 19 heavy (non-hydrogen) atoms. The van der Waals surface area contributed by atoms with Crippen molar-refractivity contribution in [3.8, 4) is 0 Å². The number of hydrogen-bond donors (Lipinski definition) is 3. The molecule has 0 aliphatic carbocycles. The number of carbonyl (C=O) groups is 2. The summed E-state index contributed by atoms with van der Waals surface area (Å²) in [5, 5.41) is 10.5. The molecule has 0 spiro atoms. The van der Waals surface area contributed by atoms with Gasteiger partial charge in [0.25, 0.3) is 0 Å². The quantitative estimate of drug-likeness (QED) is 0.750. The number of rotatable bonds is 5. The van der Waals surface area contributed by atoms with Crippen LogP contribution in [0.15, 0.2) is 12.3 Å². The number of aromatic amines is 1. The van der Waals surface area contributed by atoms with Gasteiger partial charge in [-0.05, 0) is 0 Å². The number of nitrogens with one attached hydrogen (secondary N) is 3. The molecule has 7 nitrogen and oxygen atoms in total. The summed E-state index contributed by atoms with van der Waals surface area (Å²) in [6, 6.07) is 1.52. The second-order valence-corrected chi connectivity index (χ2v) is 3.39. The van der Waals surface area contributed by atoms with Crippen LogP contribution in [0.3, 0.4) is 0 Å². The highest BCUT2D eigenvalue weighted by atomic mass is 19.4. The smallest absolute Gasteiger partial charge is 0.422 e. The third kappa shape index (κ3) is 6.91. The standard InChI is InChI=1S/C9H11F3N4O3/c10-9(11,12)5-19-8(18)13-3-2-7(17)15-6-1-4-14-16-6/h1,4H,2-3,5H2,(H,13,18)(H2,14,15,16,17). The minimum atomic E-state index is -4.57. The van der Waals surface area contributed by atoms with Gasteiger partial charge in [0.1, 0.15) is 5.82 Å². The molecule has 1 aromatic heterocycles. The number of aromatic nitrogens is 2. The van der Waals surface area contributed by atoms with Crippen LogP contribution in [-0.2, 0) is 9.53 Å². The van der Waals surface area contributed by atoms with Gasteiger partial charge in [-0.3, -0.25) is 9.89 Å². The van der Waals surface area contributed by atoms with E-state index in [0.717, 1.165) is 0 Å². The van der Waals surface area contributed by atoms with Gasteiger partial charge in [-0.15, -0.1) is 0 Å². The number of amides is 2. The zero-order valence-corrected chi connectivity index (χ0v) is 9.58. The minimum Gasteiger partial charge on any atom is -0.440 e. The Balaban J connectivity index is 2.12. The molecule has 1 heterocycles. The monoisotopic (exact) mass is 280 g/mol. The summed E-state index contributed by atoms with van der Waals surface area (Å²) in [5.41, 5.74) is 0. The fourth-order valence-corrected chi connectivity index (χ4v) is 1.01. The molecule has 3 N–H and O–H groups in total. The van der Waals surface area contributed by atoms with E-state index < -0.39 is 24.8 Å². The van der Waals surface area contributed by atoms with Gasteiger partial charge < -0.3 is 15.4 Å². The van der Waals surface area contributed by atoms with Crippen LogP contribution in [0.2, 0.25) is 0 Å². The summed E-state index contributed by atoms with van der Waals surface area (Å²) in [7, 11) is 0. The number of anilines is 1. The number of carbonyl (C=O) groups excluding carboxylic acids is 2. The lowest BCUT2D eigenvalue weighted by Crippen LogP contribution is -2.31. The molecule has 0 fully saturated rings. The van der Waals surface area contributed by atoms with Gasteiger partial charge in [0.2, 0.25) is 5.91 Å². The topological polar surface area (TPSA) is 96.1 Å². The van der Waals surface area contributed by atoms with Gasteiger partial charge in [-0.25, -0.2) is 4.79 Å². The first kappa shape index (κ1) is 14.8. The van der Waals surface area contributed by atoms with Gasteiger partial charge in [-0.1, -0.05) is 0 Å². The first-order valence-electron chi connectivity index (χ1n) is 5.13. The molecule has 2 amide bonds. The fourth-order valence-electron chi connectivity index (χ4n) is 1.01. The second-order valence-electron chi connectivity index (χ2n) is 3.39. The van der Waals surface area contributed by atoms with Crippen molar-refractivity contribution in [3.05, 3.63) is 12.3 Å². The van der Waals surface area contributed by atoms with E-state index in [2.05, 4.69) is 20.3 Å². The summed E-state index contributed by atoms with van der Waals surface area (Å²) in [5.74, 6) is -0.0509. The average molecular weight is 280 g/mol. The Morgan fingerprint density at radius 3 is 2.74 bits per heavy atom. The van der Waals surface area contributed by atoms with Crippen molar-refractivity contribution in [1.82, 2.24) is 15.5 Å². The Morgan fingerprint density at radius 1 is 1.42 bits per heavy atom. The van der Waals surface area contributed by atoms with Crippen LogP contribution in [0.25, 0.3) is 0 Å². The molecule has 1 aromatic rings. The van der Waals surface area contributed by atoms with E-state index in [1.807, 2.05) is 5.32 Å². The Kier molecular flexibility index (Phi) is 5.15. The van der Waals surface area contributed by atoms with Crippen molar-refractivity contribution >= 4 is 17.8 Å². The van der Waals surface area contributed by atoms with Gasteiger partial charge in [0, 0.05) is 19.0 Å². The van der Waals surface area contributed by atoms with Crippen LogP contribution in [0, 0.1) is 0 Å². The average Bonchev–Trinajstić information content (AvgIpc) is 2.78. The highest BCUT2D eigenvalue weighted by Gasteiger charge is 2.29. The van der Waals surface area contributed by atoms with Crippen molar-refractivity contribution in [1.29, 1.82) is 0 Å². The lowest BCUT2D eigenvalue weighted by molar-refractivity contribution is -0.160. The number of alkyl halides is 3. The van der Waals surface area contributed by atoms with Gasteiger partial charge in [-0.2, -0.15) is 18.3 Å². The third-order valence-corrected chi connectivity index (χ3v) is 1.76. The predicted octanol–water partition coefficient (Wildman–Crippen LogP) is 1.03. The molecule has 0 saturated heterocycles. The number of nitrogens with zero attached hydrogens (tertiary/aromatic N) is 1. The lowest BCUT2D eigenvalue weighted by atomic mass is 10.4. The van der Waals surface area contributed by atoms with Crippen molar-refractivity contribution in [2.24, 2.45) is 0 Å². The highest BCUT2D eigenvalue weighted by molar-refractivity contribution is 5.89. The molecule has 0 aliphatic heterocycles. The first-order chi connectivity index (χ1) is 8.87. The van der Waals surface area contributed by atoms with Crippen molar-refractivity contribution in [2.75, 3.05) is 18.5 Å². The van der Waals surface area contributed by atoms with Crippen LogP contribution in [-0.4, -0.2) is 41.5 Å². The number of alkyl carbamates (subject to hydrolysis) is 1. The van der Waals surface area contributed by atoms with Crippen LogP contribution >= 0.6 is 0 Å². The molecule has 0 saturated carbocycles. The van der Waals surface area contributed by atoms with Crippen molar-refractivity contribution in [2.45, 2.75) is 12.6 Å². The van der Waals surface area contributed by atoms with Crippen LogP contribution in [0.4, 0.5) is 23.8 Å². The highest BCUT2D eigenvalue weighted by Crippen LogP contribution is 2.14. The SMILES string of the molecule is O=C(CCNC(=O)OCC(F)(F)F)Nc1ccn[nH]1. The molecule has 0 aromatic carbocycles. The third-order valence-electron chi connectivity index (χ3n) is 1.76. The number of halogens is 3. The van der Waals surface area contributed by atoms with Gasteiger partial charge >= 0.3 is 12.3 Å². The van der Waals surface area contributed by atoms with Crippen molar-refractivity contribution < 1.29 is 27.5 Å². The van der Waals surface area contributed by atoms with E-state index in [9.17, 15) is 22.8 Å². The second kappa shape index (κ2) is 6.61. The molecule has 0 unspecified atom stereocenters. The fraction of sp³-hybridized carbons (Fsp3) is 0.444. The zero-order valence-electron chi connectivity index (χ0n) is 9.58. The molecular weight excluding hydrogens is 269 g/mol. The Hall–Kier alpha value is -2.26. The molecule has 1 rings (SSSR count). The summed E-state index contributed by atoms with van der Waals surface area (Å²) in [6.45, 7) is -1.81. The Morgan fingerprint density at radius 2 is 2.16 bits per heavy atom. The van der Waals surface area contributed by atoms with E-state index in [1.165, 1.54) is 12.3 Å². The van der Waals surface area contributed by atoms with E-state index in [0.29, 0.717) is 5.82 Å². The van der Waals surface area contributed by atoms with Gasteiger partial charge in [0.15, 0.2) is 6.61 Å². The summed E-state index contributed by atoms with van der Waals surface area (Å²) >= 11 is 0. The maximum Gasteiger partial charge on any atom is 0.422 e. The number of H-pyrrole nitrogens is 1. The Bertz CT molecular complexity index is 419. The zero-order chi connectivity index (χ0) is 14.3. The van der Waals surface area contributed by atoms with E-state index >= 15 is 0 Å². The predicted molar refractivity (Wildman–Crippen MR) is 57.2 cm³/mol. The summed E-state index contributed by atoms with van der Waals surface area (Å²) in [4.78, 5) is 22.1. The molecule has 106 valence electrons. The first-order valence-corrected chi connectivity index (χ1v) is 5.13. The normalized spacial score (nSPS) is 10.9. The molecule has 0 aliphatic rings. The largest absolute Gasteiger partial charge is 0.440 e. The van der Waals surface area contributed by atoms with E-state index in [4.69, 9.17) is 0 Å². The molecule has 0 bridgehead atoms. The molecule has 0 radical (unpaired) electrons. The minimum absolute atomic E-state index is 0.111. The maximum absolute atomic E-state index is 11.7. The number of ether oxygens (including phenoxy) is 1. The van der Waals surface area contributed by atoms with Gasteiger partial charge in [0.05, 0.1) is 6.20 Å². The van der Waals surface area contributed by atoms with Crippen molar-refractivity contribution in [3.63, 3.8) is 0 Å². The Labute approximate surface area is 105 Å². The summed E-state index contributed by atoms with van der Waals surface area (Å²) < 4.78 is 39.0. The lowest BCUT2D eigenvalue weighted by Gasteiger charge is -2.08. The summed E-state index contributed by atoms with van der Waals surface area (Å²) in [6.07, 6.45) is -4.48. The molecular formula is C9H11F3N4O3. The number of hydrogen-bond acceptors (Lipinski definition) is 4. The molecule has 0 atom stereocenters. The van der Waals surface area contributed by atoms with Crippen LogP contribution in [0.1, 0.15) is 6.42 Å². The van der Waals surface area contributed by atoms with E-state index in [-0.39, 0.29) is 13.0 Å². The van der Waals surface area contributed by atoms with Crippen LogP contribution < -0.4 is 10.6 Å². The van der Waals surface area contributed by atoms with Crippen LogP contribution in [0.5, 0.6) is 0 Å².